The molecule has 0 unspecified atom stereocenters. The Bertz CT molecular complexity index is 567. The van der Waals surface area contributed by atoms with Crippen molar-refractivity contribution in [1.82, 2.24) is 15.5 Å². The molecule has 0 fully saturated rings. The number of carbonyl (C=O) groups is 1. The standard InChI is InChI=1S/C13H17N3O3/c1-2-13(7-17,8-18)15-12(19)9-3-4-11-10(5-9)6-14-16-11/h3-6,17-18H,2,7-8H2,1H3,(H,14,16)(H,15,19). The third-order valence-electron chi connectivity index (χ3n) is 3.36. The number of nitrogens with zero attached hydrogens (tertiary/aromatic N) is 1. The van der Waals surface area contributed by atoms with Crippen molar-refractivity contribution >= 4 is 16.8 Å². The molecule has 102 valence electrons. The number of benzene rings is 1. The van der Waals surface area contributed by atoms with Gasteiger partial charge in [-0.2, -0.15) is 5.10 Å². The van der Waals surface area contributed by atoms with E-state index >= 15 is 0 Å². The Morgan fingerprint density at radius 2 is 2.16 bits per heavy atom. The zero-order valence-electron chi connectivity index (χ0n) is 10.7. The van der Waals surface area contributed by atoms with Gasteiger partial charge in [0, 0.05) is 10.9 Å². The third-order valence-corrected chi connectivity index (χ3v) is 3.36. The van der Waals surface area contributed by atoms with Gasteiger partial charge < -0.3 is 15.5 Å². The van der Waals surface area contributed by atoms with E-state index in [-0.39, 0.29) is 19.1 Å². The molecule has 1 heterocycles. The summed E-state index contributed by atoms with van der Waals surface area (Å²) < 4.78 is 0. The van der Waals surface area contributed by atoms with E-state index in [0.29, 0.717) is 12.0 Å². The van der Waals surface area contributed by atoms with Crippen molar-refractivity contribution in [3.63, 3.8) is 0 Å². The van der Waals surface area contributed by atoms with Crippen molar-refractivity contribution in [3.05, 3.63) is 30.0 Å². The predicted octanol–water partition coefficient (Wildman–Crippen LogP) is 0.426. The number of amides is 1. The predicted molar refractivity (Wildman–Crippen MR) is 70.8 cm³/mol. The van der Waals surface area contributed by atoms with Crippen LogP contribution in [0.2, 0.25) is 0 Å². The van der Waals surface area contributed by atoms with Crippen molar-refractivity contribution < 1.29 is 15.0 Å². The number of aromatic nitrogens is 2. The van der Waals surface area contributed by atoms with Gasteiger partial charge in [-0.1, -0.05) is 6.92 Å². The van der Waals surface area contributed by atoms with Crippen LogP contribution in [-0.2, 0) is 0 Å². The van der Waals surface area contributed by atoms with Gasteiger partial charge in [-0.15, -0.1) is 0 Å². The van der Waals surface area contributed by atoms with Crippen LogP contribution in [0.25, 0.3) is 10.9 Å². The van der Waals surface area contributed by atoms with Crippen LogP contribution in [0.4, 0.5) is 0 Å². The molecule has 0 aliphatic carbocycles. The molecule has 0 atom stereocenters. The Morgan fingerprint density at radius 3 is 2.79 bits per heavy atom. The lowest BCUT2D eigenvalue weighted by Gasteiger charge is -2.29. The smallest absolute Gasteiger partial charge is 0.251 e. The van der Waals surface area contributed by atoms with Crippen LogP contribution in [0.3, 0.4) is 0 Å². The second kappa shape index (κ2) is 5.38. The number of carbonyl (C=O) groups excluding carboxylic acids is 1. The topological polar surface area (TPSA) is 98.2 Å². The van der Waals surface area contributed by atoms with E-state index in [1.807, 2.05) is 0 Å². The largest absolute Gasteiger partial charge is 0.394 e. The number of fused-ring (bicyclic) bond motifs is 1. The summed E-state index contributed by atoms with van der Waals surface area (Å²) in [5.74, 6) is -0.326. The first kappa shape index (κ1) is 13.5. The lowest BCUT2D eigenvalue weighted by atomic mass is 9.97. The second-order valence-electron chi connectivity index (χ2n) is 4.58. The minimum atomic E-state index is -0.984. The molecule has 0 saturated heterocycles. The Balaban J connectivity index is 2.23. The van der Waals surface area contributed by atoms with Gasteiger partial charge in [0.1, 0.15) is 0 Å². The van der Waals surface area contributed by atoms with Gasteiger partial charge in [-0.05, 0) is 24.6 Å². The summed E-state index contributed by atoms with van der Waals surface area (Å²) in [6.45, 7) is 1.19. The zero-order chi connectivity index (χ0) is 13.9. The molecular formula is C13H17N3O3. The number of hydrogen-bond donors (Lipinski definition) is 4. The van der Waals surface area contributed by atoms with E-state index in [9.17, 15) is 15.0 Å². The monoisotopic (exact) mass is 263 g/mol. The summed E-state index contributed by atoms with van der Waals surface area (Å²) in [5.41, 5.74) is 0.332. The van der Waals surface area contributed by atoms with Gasteiger partial charge in [0.25, 0.3) is 5.91 Å². The van der Waals surface area contributed by atoms with E-state index in [2.05, 4.69) is 15.5 Å². The minimum Gasteiger partial charge on any atom is -0.394 e. The summed E-state index contributed by atoms with van der Waals surface area (Å²) in [5, 5.41) is 28.9. The fourth-order valence-corrected chi connectivity index (χ4v) is 1.84. The maximum absolute atomic E-state index is 12.1. The molecule has 0 spiro atoms. The van der Waals surface area contributed by atoms with Gasteiger partial charge in [0.05, 0.1) is 30.5 Å². The van der Waals surface area contributed by atoms with Gasteiger partial charge in [-0.25, -0.2) is 0 Å². The Labute approximate surface area is 110 Å². The van der Waals surface area contributed by atoms with Crippen molar-refractivity contribution in [2.45, 2.75) is 18.9 Å². The maximum atomic E-state index is 12.1. The summed E-state index contributed by atoms with van der Waals surface area (Å²) in [7, 11) is 0. The van der Waals surface area contributed by atoms with Crippen LogP contribution in [-0.4, -0.2) is 45.1 Å². The van der Waals surface area contributed by atoms with E-state index in [4.69, 9.17) is 0 Å². The lowest BCUT2D eigenvalue weighted by Crippen LogP contribution is -2.53. The van der Waals surface area contributed by atoms with E-state index in [1.54, 1.807) is 31.3 Å². The molecule has 2 aromatic rings. The Hall–Kier alpha value is -1.92. The van der Waals surface area contributed by atoms with Crippen LogP contribution >= 0.6 is 0 Å². The molecule has 1 amide bonds. The van der Waals surface area contributed by atoms with Crippen molar-refractivity contribution in [2.75, 3.05) is 13.2 Å². The van der Waals surface area contributed by atoms with Crippen molar-refractivity contribution in [3.8, 4) is 0 Å². The van der Waals surface area contributed by atoms with Gasteiger partial charge in [0.15, 0.2) is 0 Å². The van der Waals surface area contributed by atoms with Crippen LogP contribution < -0.4 is 5.32 Å². The number of aromatic amines is 1. The summed E-state index contributed by atoms with van der Waals surface area (Å²) >= 11 is 0. The molecule has 4 N–H and O–H groups in total. The minimum absolute atomic E-state index is 0.306. The highest BCUT2D eigenvalue weighted by molar-refractivity contribution is 5.98. The van der Waals surface area contributed by atoms with E-state index in [0.717, 1.165) is 10.9 Å². The van der Waals surface area contributed by atoms with Gasteiger partial charge in [0.2, 0.25) is 0 Å². The van der Waals surface area contributed by atoms with Crippen LogP contribution in [0, 0.1) is 0 Å². The SMILES string of the molecule is CCC(CO)(CO)NC(=O)c1ccc2[nH]ncc2c1. The summed E-state index contributed by atoms with van der Waals surface area (Å²) in [6.07, 6.45) is 2.08. The molecule has 1 aromatic carbocycles. The highest BCUT2D eigenvalue weighted by Crippen LogP contribution is 2.15. The van der Waals surface area contributed by atoms with Crippen LogP contribution in [0.15, 0.2) is 24.4 Å². The van der Waals surface area contributed by atoms with Crippen molar-refractivity contribution in [1.29, 1.82) is 0 Å². The molecule has 0 aliphatic rings. The molecule has 0 aliphatic heterocycles. The first-order valence-corrected chi connectivity index (χ1v) is 6.11. The lowest BCUT2D eigenvalue weighted by molar-refractivity contribution is 0.0653. The highest BCUT2D eigenvalue weighted by atomic mass is 16.3. The molecule has 19 heavy (non-hydrogen) atoms. The first-order chi connectivity index (χ1) is 9.14. The molecule has 6 nitrogen and oxygen atoms in total. The number of rotatable bonds is 5. The third kappa shape index (κ3) is 2.59. The Morgan fingerprint density at radius 1 is 1.42 bits per heavy atom. The molecule has 0 saturated carbocycles. The molecule has 6 heteroatoms. The van der Waals surface area contributed by atoms with Crippen molar-refractivity contribution in [2.24, 2.45) is 0 Å². The molecule has 2 rings (SSSR count). The Kier molecular flexibility index (Phi) is 3.82. The quantitative estimate of drug-likeness (QED) is 0.628. The van der Waals surface area contributed by atoms with Gasteiger partial charge in [-0.3, -0.25) is 9.89 Å². The molecule has 1 aromatic heterocycles. The fraction of sp³-hybridized carbons (Fsp3) is 0.385. The van der Waals surface area contributed by atoms with Crippen LogP contribution in [0.5, 0.6) is 0 Å². The highest BCUT2D eigenvalue weighted by Gasteiger charge is 2.28. The number of nitrogens with one attached hydrogen (secondary N) is 2. The maximum Gasteiger partial charge on any atom is 0.251 e. The number of aliphatic hydroxyl groups excluding tert-OH is 2. The number of H-pyrrole nitrogens is 1. The van der Waals surface area contributed by atoms with E-state index in [1.165, 1.54) is 0 Å². The van der Waals surface area contributed by atoms with Gasteiger partial charge >= 0.3 is 0 Å². The second-order valence-corrected chi connectivity index (χ2v) is 4.58. The van der Waals surface area contributed by atoms with Crippen LogP contribution in [0.1, 0.15) is 23.7 Å². The zero-order valence-corrected chi connectivity index (χ0v) is 10.7. The molecule has 0 bridgehead atoms. The average Bonchev–Trinajstić information content (AvgIpc) is 2.92. The molecular weight excluding hydrogens is 246 g/mol. The number of hydrogen-bond acceptors (Lipinski definition) is 4. The summed E-state index contributed by atoms with van der Waals surface area (Å²) in [4.78, 5) is 12.1. The van der Waals surface area contributed by atoms with E-state index < -0.39 is 5.54 Å². The summed E-state index contributed by atoms with van der Waals surface area (Å²) in [6, 6.07) is 5.15. The first-order valence-electron chi connectivity index (χ1n) is 6.11. The average molecular weight is 263 g/mol. The molecule has 0 radical (unpaired) electrons. The fourth-order valence-electron chi connectivity index (χ4n) is 1.84. The number of aliphatic hydroxyl groups is 2. The normalized spacial score (nSPS) is 11.7.